The van der Waals surface area contributed by atoms with Crippen molar-refractivity contribution >= 4 is 55.0 Å². The number of aryl methyl sites for hydroxylation is 2. The Labute approximate surface area is 242 Å². The topological polar surface area (TPSA) is 83.1 Å². The fraction of sp³-hybridized carbons (Fsp3) is 0.500. The van der Waals surface area contributed by atoms with Crippen LogP contribution in [0.3, 0.4) is 0 Å². The first-order chi connectivity index (χ1) is 18.1. The number of hydrogen-bond acceptors (Lipinski definition) is 7. The number of carbonyl (C=O) groups is 1. The zero-order chi connectivity index (χ0) is 27.4. The minimum absolute atomic E-state index is 0. The number of sulfonamides is 1. The van der Waals surface area contributed by atoms with Crippen LogP contribution in [0.5, 0.6) is 0 Å². The predicted octanol–water partition coefficient (Wildman–Crippen LogP) is 5.12. The summed E-state index contributed by atoms with van der Waals surface area (Å²) in [5.74, 6) is -0.192. The second-order valence-electron chi connectivity index (χ2n) is 9.78. The highest BCUT2D eigenvalue weighted by Gasteiger charge is 2.27. The predicted molar refractivity (Wildman–Crippen MR) is 161 cm³/mol. The molecule has 11 heteroatoms. The van der Waals surface area contributed by atoms with E-state index in [1.165, 1.54) is 27.8 Å². The average molecular weight is 595 g/mol. The molecule has 1 aliphatic heterocycles. The normalized spacial score (nSPS) is 15.7. The van der Waals surface area contributed by atoms with E-state index in [9.17, 15) is 13.2 Å². The number of thiazole rings is 1. The molecule has 0 saturated carbocycles. The number of likely N-dealkylation sites (N-methyl/N-ethyl adjacent to an activating group) is 2. The zero-order valence-electron chi connectivity index (χ0n) is 23.3. The van der Waals surface area contributed by atoms with E-state index >= 15 is 0 Å². The third-order valence-corrected chi connectivity index (χ3v) is 10.3. The number of benzene rings is 2. The summed E-state index contributed by atoms with van der Waals surface area (Å²) < 4.78 is 34.2. The average Bonchev–Trinajstić information content (AvgIpc) is 3.59. The monoisotopic (exact) mass is 594 g/mol. The highest BCUT2D eigenvalue weighted by Crippen LogP contribution is 2.33. The van der Waals surface area contributed by atoms with E-state index in [1.54, 1.807) is 24.1 Å². The van der Waals surface area contributed by atoms with Gasteiger partial charge in [-0.25, -0.2) is 13.4 Å². The molecule has 1 fully saturated rings. The molecule has 2 heterocycles. The van der Waals surface area contributed by atoms with Crippen molar-refractivity contribution in [2.45, 2.75) is 51.5 Å². The summed E-state index contributed by atoms with van der Waals surface area (Å²) in [4.78, 5) is 22.8. The first-order valence-electron chi connectivity index (χ1n) is 13.2. The Balaban J connectivity index is 0.00000420. The van der Waals surface area contributed by atoms with Crippen LogP contribution in [0.2, 0.25) is 0 Å². The molecule has 2 aromatic carbocycles. The Bertz CT molecular complexity index is 1370. The third-order valence-electron chi connectivity index (χ3n) is 7.38. The molecular formula is C28H39ClN4O4S2. The molecule has 1 aromatic heterocycles. The molecular weight excluding hydrogens is 556 g/mol. The lowest BCUT2D eigenvalue weighted by Gasteiger charge is -2.25. The molecule has 0 radical (unpaired) electrons. The summed E-state index contributed by atoms with van der Waals surface area (Å²) in [5.41, 5.74) is 3.62. The standard InChI is InChI=1S/C28H38N4O4S2.ClH/c1-6-31(7-2)16-17-32(28-29-26-21(4)20(3)10-15-25(26)37-28)27(33)22-11-13-24(14-12-22)38(34,35)30(5)19-23-9-8-18-36-23;/h10-15,23H,6-9,16-19H2,1-5H3;1H. The maximum atomic E-state index is 13.8. The number of hydrogen-bond donors (Lipinski definition) is 0. The van der Waals surface area contributed by atoms with Gasteiger partial charge < -0.3 is 9.64 Å². The van der Waals surface area contributed by atoms with Crippen LogP contribution in [-0.2, 0) is 14.8 Å². The zero-order valence-corrected chi connectivity index (χ0v) is 25.8. The van der Waals surface area contributed by atoms with E-state index in [4.69, 9.17) is 9.72 Å². The maximum absolute atomic E-state index is 13.8. The minimum Gasteiger partial charge on any atom is -0.377 e. The second-order valence-corrected chi connectivity index (χ2v) is 12.8. The quantitative estimate of drug-likeness (QED) is 0.306. The van der Waals surface area contributed by atoms with Gasteiger partial charge in [0.1, 0.15) is 0 Å². The first kappa shape index (κ1) is 31.4. The van der Waals surface area contributed by atoms with Crippen molar-refractivity contribution in [3.05, 3.63) is 53.1 Å². The van der Waals surface area contributed by atoms with Crippen molar-refractivity contribution < 1.29 is 17.9 Å². The number of nitrogens with zero attached hydrogens (tertiary/aromatic N) is 4. The van der Waals surface area contributed by atoms with E-state index in [1.807, 2.05) is 0 Å². The minimum atomic E-state index is -3.68. The molecule has 1 aliphatic rings. The number of rotatable bonds is 11. The Morgan fingerprint density at radius 2 is 1.77 bits per heavy atom. The van der Waals surface area contributed by atoms with Crippen LogP contribution in [0.25, 0.3) is 10.2 Å². The van der Waals surface area contributed by atoms with Crippen LogP contribution in [0.4, 0.5) is 5.13 Å². The number of aromatic nitrogens is 1. The van der Waals surface area contributed by atoms with Gasteiger partial charge >= 0.3 is 0 Å². The lowest BCUT2D eigenvalue weighted by Crippen LogP contribution is -2.39. The highest BCUT2D eigenvalue weighted by atomic mass is 35.5. The second kappa shape index (κ2) is 13.5. The van der Waals surface area contributed by atoms with Crippen molar-refractivity contribution in [1.82, 2.24) is 14.2 Å². The summed E-state index contributed by atoms with van der Waals surface area (Å²) >= 11 is 1.51. The van der Waals surface area contributed by atoms with E-state index in [2.05, 4.69) is 44.7 Å². The smallest absolute Gasteiger partial charge is 0.260 e. The molecule has 1 unspecified atom stereocenters. The van der Waals surface area contributed by atoms with E-state index in [0.29, 0.717) is 36.9 Å². The van der Waals surface area contributed by atoms with Crippen molar-refractivity contribution in [1.29, 1.82) is 0 Å². The molecule has 39 heavy (non-hydrogen) atoms. The third kappa shape index (κ3) is 6.99. The number of fused-ring (bicyclic) bond motifs is 1. The molecule has 1 amide bonds. The first-order valence-corrected chi connectivity index (χ1v) is 15.5. The van der Waals surface area contributed by atoms with Crippen molar-refractivity contribution in [3.63, 3.8) is 0 Å². The summed E-state index contributed by atoms with van der Waals surface area (Å²) in [6.07, 6.45) is 1.74. The molecule has 0 N–H and O–H groups in total. The van der Waals surface area contributed by atoms with Crippen LogP contribution < -0.4 is 4.90 Å². The molecule has 8 nitrogen and oxygen atoms in total. The molecule has 1 saturated heterocycles. The summed E-state index contributed by atoms with van der Waals surface area (Å²) in [5, 5.41) is 0.652. The Morgan fingerprint density at radius 3 is 2.38 bits per heavy atom. The molecule has 1 atom stereocenters. The van der Waals surface area contributed by atoms with E-state index < -0.39 is 10.0 Å². The Hall–Kier alpha value is -2.08. The number of ether oxygens (including phenoxy) is 1. The lowest BCUT2D eigenvalue weighted by molar-refractivity contribution is 0.0978. The largest absolute Gasteiger partial charge is 0.377 e. The number of anilines is 1. The highest BCUT2D eigenvalue weighted by molar-refractivity contribution is 7.89. The van der Waals surface area contributed by atoms with Crippen molar-refractivity contribution in [3.8, 4) is 0 Å². The van der Waals surface area contributed by atoms with Gasteiger partial charge in [-0.2, -0.15) is 4.31 Å². The lowest BCUT2D eigenvalue weighted by atomic mass is 10.1. The van der Waals surface area contributed by atoms with E-state index in [0.717, 1.165) is 47.3 Å². The number of halogens is 1. The SMILES string of the molecule is CCN(CC)CCN(C(=O)c1ccc(S(=O)(=O)N(C)CC2CCCO2)cc1)c1nc2c(C)c(C)ccc2s1.Cl. The maximum Gasteiger partial charge on any atom is 0.260 e. The van der Waals surface area contributed by atoms with Gasteiger partial charge in [0.15, 0.2) is 5.13 Å². The van der Waals surface area contributed by atoms with Crippen LogP contribution in [0.15, 0.2) is 41.3 Å². The fourth-order valence-corrected chi connectivity index (χ4v) is 6.93. The Morgan fingerprint density at radius 1 is 1.08 bits per heavy atom. The number of carbonyl (C=O) groups excluding carboxylic acids is 1. The van der Waals surface area contributed by atoms with Crippen molar-refractivity contribution in [2.75, 3.05) is 51.3 Å². The summed E-state index contributed by atoms with van der Waals surface area (Å²) in [6, 6.07) is 10.4. The molecule has 0 spiro atoms. The van der Waals surface area contributed by atoms with Crippen LogP contribution in [0.1, 0.15) is 48.2 Å². The van der Waals surface area contributed by atoms with Gasteiger partial charge in [-0.15, -0.1) is 12.4 Å². The van der Waals surface area contributed by atoms with Gasteiger partial charge in [0.25, 0.3) is 5.91 Å². The van der Waals surface area contributed by atoms with Gasteiger partial charge in [0, 0.05) is 38.9 Å². The summed E-state index contributed by atoms with van der Waals surface area (Å²) in [6.45, 7) is 12.3. The molecule has 0 bridgehead atoms. The van der Waals surface area contributed by atoms with Crippen molar-refractivity contribution in [2.24, 2.45) is 0 Å². The number of amides is 1. The van der Waals surface area contributed by atoms with E-state index in [-0.39, 0.29) is 29.3 Å². The van der Waals surface area contributed by atoms with Crippen LogP contribution >= 0.6 is 23.7 Å². The summed E-state index contributed by atoms with van der Waals surface area (Å²) in [7, 11) is -2.11. The van der Waals surface area contributed by atoms with Gasteiger partial charge in [0.05, 0.1) is 21.2 Å². The molecule has 3 aromatic rings. The van der Waals surface area contributed by atoms with Gasteiger partial charge in [0.2, 0.25) is 10.0 Å². The van der Waals surface area contributed by atoms with Crippen LogP contribution in [0, 0.1) is 13.8 Å². The Kier molecular flexibility index (Phi) is 10.9. The van der Waals surface area contributed by atoms with Gasteiger partial charge in [-0.1, -0.05) is 31.3 Å². The fourth-order valence-electron chi connectivity index (χ4n) is 4.67. The molecule has 0 aliphatic carbocycles. The molecule has 214 valence electrons. The molecule has 4 rings (SSSR count). The van der Waals surface area contributed by atoms with Crippen LogP contribution in [-0.4, -0.2) is 81.0 Å². The van der Waals surface area contributed by atoms with Gasteiger partial charge in [-0.05, 0) is 81.2 Å². The van der Waals surface area contributed by atoms with Gasteiger partial charge in [-0.3, -0.25) is 9.69 Å².